The number of benzene rings is 1. The van der Waals surface area contributed by atoms with Crippen molar-refractivity contribution in [3.05, 3.63) is 29.6 Å². The number of H-pyrrole nitrogens is 1. The van der Waals surface area contributed by atoms with E-state index < -0.39 is 11.7 Å². The highest BCUT2D eigenvalue weighted by Crippen LogP contribution is 2.33. The van der Waals surface area contributed by atoms with Crippen molar-refractivity contribution in [2.24, 2.45) is 0 Å². The van der Waals surface area contributed by atoms with Crippen molar-refractivity contribution in [1.29, 1.82) is 0 Å². The minimum absolute atomic E-state index is 0.0340. The summed E-state index contributed by atoms with van der Waals surface area (Å²) in [5.41, 5.74) is 4.98. The standard InChI is InChI=1S/C12H13F3N4/c1-2-3-10-17-11(19-18-10)7-4-8(12(13,14)15)6-9(16)5-7/h4-6H,2-3,16H2,1H3,(H,17,18,19). The van der Waals surface area contributed by atoms with Gasteiger partial charge in [-0.3, -0.25) is 5.10 Å². The highest BCUT2D eigenvalue weighted by Gasteiger charge is 2.31. The average Bonchev–Trinajstić information content (AvgIpc) is 2.76. The van der Waals surface area contributed by atoms with Crippen LogP contribution in [-0.2, 0) is 12.6 Å². The summed E-state index contributed by atoms with van der Waals surface area (Å²) in [6.07, 6.45) is -2.87. The van der Waals surface area contributed by atoms with Gasteiger partial charge in [0, 0.05) is 17.7 Å². The van der Waals surface area contributed by atoms with Crippen LogP contribution < -0.4 is 5.73 Å². The normalized spacial score (nSPS) is 11.8. The molecule has 0 radical (unpaired) electrons. The maximum Gasteiger partial charge on any atom is 0.416 e. The number of aryl methyl sites for hydroxylation is 1. The number of nitrogens with two attached hydrogens (primary N) is 1. The van der Waals surface area contributed by atoms with Crippen LogP contribution in [0.15, 0.2) is 18.2 Å². The molecule has 1 aromatic heterocycles. The predicted octanol–water partition coefficient (Wildman–Crippen LogP) is 3.03. The Morgan fingerprint density at radius 3 is 2.63 bits per heavy atom. The molecule has 7 heteroatoms. The number of halogens is 3. The van der Waals surface area contributed by atoms with Gasteiger partial charge in [0.2, 0.25) is 0 Å². The third kappa shape index (κ3) is 3.04. The summed E-state index contributed by atoms with van der Waals surface area (Å²) in [6, 6.07) is 3.31. The lowest BCUT2D eigenvalue weighted by Crippen LogP contribution is -2.06. The van der Waals surface area contributed by atoms with Crippen LogP contribution in [0.1, 0.15) is 24.7 Å². The highest BCUT2D eigenvalue weighted by atomic mass is 19.4. The topological polar surface area (TPSA) is 67.6 Å². The summed E-state index contributed by atoms with van der Waals surface area (Å²) in [5, 5.41) is 6.61. The van der Waals surface area contributed by atoms with Gasteiger partial charge in [0.25, 0.3) is 0 Å². The third-order valence-corrected chi connectivity index (χ3v) is 2.56. The quantitative estimate of drug-likeness (QED) is 0.842. The van der Waals surface area contributed by atoms with Gasteiger partial charge in [-0.05, 0) is 24.6 Å². The van der Waals surface area contributed by atoms with E-state index in [1.165, 1.54) is 6.07 Å². The molecule has 1 aromatic carbocycles. The Labute approximate surface area is 107 Å². The molecule has 0 spiro atoms. The number of nitrogens with one attached hydrogen (secondary N) is 1. The molecule has 3 N–H and O–H groups in total. The average molecular weight is 270 g/mol. The molecule has 0 aliphatic carbocycles. The first-order valence-corrected chi connectivity index (χ1v) is 5.79. The molecule has 19 heavy (non-hydrogen) atoms. The number of aromatic nitrogens is 3. The van der Waals surface area contributed by atoms with Gasteiger partial charge in [0.05, 0.1) is 5.56 Å². The van der Waals surface area contributed by atoms with Crippen LogP contribution in [0.4, 0.5) is 18.9 Å². The van der Waals surface area contributed by atoms with Crippen molar-refractivity contribution >= 4 is 5.69 Å². The van der Waals surface area contributed by atoms with Crippen LogP contribution in [0.2, 0.25) is 0 Å². The molecular formula is C12H13F3N4. The van der Waals surface area contributed by atoms with Crippen LogP contribution in [0.25, 0.3) is 11.4 Å². The molecule has 0 aliphatic rings. The number of aromatic amines is 1. The van der Waals surface area contributed by atoms with Gasteiger partial charge in [0.15, 0.2) is 5.82 Å². The molecule has 0 saturated heterocycles. The van der Waals surface area contributed by atoms with Gasteiger partial charge in [0.1, 0.15) is 5.82 Å². The summed E-state index contributed by atoms with van der Waals surface area (Å²) < 4.78 is 38.1. The summed E-state index contributed by atoms with van der Waals surface area (Å²) >= 11 is 0. The Hall–Kier alpha value is -2.05. The second-order valence-corrected chi connectivity index (χ2v) is 4.20. The van der Waals surface area contributed by atoms with Crippen LogP contribution >= 0.6 is 0 Å². The van der Waals surface area contributed by atoms with Gasteiger partial charge in [-0.25, -0.2) is 4.98 Å². The number of nitrogens with zero attached hydrogens (tertiary/aromatic N) is 2. The Bertz CT molecular complexity index is 575. The van der Waals surface area contributed by atoms with Crippen molar-refractivity contribution in [2.75, 3.05) is 5.73 Å². The fourth-order valence-electron chi connectivity index (χ4n) is 1.72. The van der Waals surface area contributed by atoms with Crippen LogP contribution in [0, 0.1) is 0 Å². The minimum Gasteiger partial charge on any atom is -0.399 e. The molecule has 0 bridgehead atoms. The Kier molecular flexibility index (Phi) is 3.46. The fraction of sp³-hybridized carbons (Fsp3) is 0.333. The third-order valence-electron chi connectivity index (χ3n) is 2.56. The second-order valence-electron chi connectivity index (χ2n) is 4.20. The maximum absolute atomic E-state index is 12.7. The summed E-state index contributed by atoms with van der Waals surface area (Å²) in [7, 11) is 0. The molecule has 1 heterocycles. The summed E-state index contributed by atoms with van der Waals surface area (Å²) in [4.78, 5) is 4.14. The maximum atomic E-state index is 12.7. The number of nitrogen functional groups attached to an aromatic ring is 1. The van der Waals surface area contributed by atoms with Crippen LogP contribution in [-0.4, -0.2) is 15.2 Å². The van der Waals surface area contributed by atoms with E-state index in [0.29, 0.717) is 12.2 Å². The van der Waals surface area contributed by atoms with E-state index in [1.54, 1.807) is 0 Å². The predicted molar refractivity (Wildman–Crippen MR) is 65.2 cm³/mol. The first-order chi connectivity index (χ1) is 8.90. The zero-order valence-electron chi connectivity index (χ0n) is 10.3. The van der Waals surface area contributed by atoms with Crippen molar-refractivity contribution in [3.63, 3.8) is 0 Å². The number of anilines is 1. The molecule has 0 saturated carbocycles. The Morgan fingerprint density at radius 1 is 1.26 bits per heavy atom. The van der Waals surface area contributed by atoms with Gasteiger partial charge in [-0.2, -0.15) is 18.3 Å². The van der Waals surface area contributed by atoms with E-state index >= 15 is 0 Å². The zero-order valence-corrected chi connectivity index (χ0v) is 10.3. The SMILES string of the molecule is CCCc1nc(-c2cc(N)cc(C(F)(F)F)c2)n[nH]1. The zero-order chi connectivity index (χ0) is 14.0. The van der Waals surface area contributed by atoms with Gasteiger partial charge in [-0.1, -0.05) is 6.92 Å². The minimum atomic E-state index is -4.44. The van der Waals surface area contributed by atoms with E-state index in [4.69, 9.17) is 5.73 Å². The van der Waals surface area contributed by atoms with E-state index in [2.05, 4.69) is 15.2 Å². The monoisotopic (exact) mass is 270 g/mol. The van der Waals surface area contributed by atoms with E-state index in [1.807, 2.05) is 6.92 Å². The lowest BCUT2D eigenvalue weighted by atomic mass is 10.1. The number of hydrogen-bond acceptors (Lipinski definition) is 3. The largest absolute Gasteiger partial charge is 0.416 e. The number of alkyl halides is 3. The molecular weight excluding hydrogens is 257 g/mol. The highest BCUT2D eigenvalue weighted by molar-refractivity contribution is 5.63. The van der Waals surface area contributed by atoms with Crippen molar-refractivity contribution in [3.8, 4) is 11.4 Å². The number of rotatable bonds is 3. The van der Waals surface area contributed by atoms with Crippen molar-refractivity contribution in [1.82, 2.24) is 15.2 Å². The molecule has 102 valence electrons. The van der Waals surface area contributed by atoms with Gasteiger partial charge < -0.3 is 5.73 Å². The molecule has 0 fully saturated rings. The second kappa shape index (κ2) is 4.91. The molecule has 0 unspecified atom stereocenters. The van der Waals surface area contributed by atoms with Gasteiger partial charge in [-0.15, -0.1) is 0 Å². The lowest BCUT2D eigenvalue weighted by molar-refractivity contribution is -0.137. The number of hydrogen-bond donors (Lipinski definition) is 2. The first kappa shape index (κ1) is 13.4. The van der Waals surface area contributed by atoms with E-state index in [0.717, 1.165) is 18.6 Å². The van der Waals surface area contributed by atoms with E-state index in [9.17, 15) is 13.2 Å². The van der Waals surface area contributed by atoms with Crippen molar-refractivity contribution in [2.45, 2.75) is 25.9 Å². The lowest BCUT2D eigenvalue weighted by Gasteiger charge is -2.08. The van der Waals surface area contributed by atoms with Crippen LogP contribution in [0.3, 0.4) is 0 Å². The summed E-state index contributed by atoms with van der Waals surface area (Å²) in [6.45, 7) is 1.98. The Morgan fingerprint density at radius 2 is 2.00 bits per heavy atom. The van der Waals surface area contributed by atoms with Crippen LogP contribution in [0.5, 0.6) is 0 Å². The van der Waals surface area contributed by atoms with Gasteiger partial charge >= 0.3 is 6.18 Å². The first-order valence-electron chi connectivity index (χ1n) is 5.79. The fourth-order valence-corrected chi connectivity index (χ4v) is 1.72. The molecule has 0 aliphatic heterocycles. The smallest absolute Gasteiger partial charge is 0.399 e. The summed E-state index contributed by atoms with van der Waals surface area (Å²) in [5.74, 6) is 0.870. The van der Waals surface area contributed by atoms with E-state index in [-0.39, 0.29) is 17.1 Å². The molecule has 2 aromatic rings. The molecule has 4 nitrogen and oxygen atoms in total. The molecule has 0 amide bonds. The Balaban J connectivity index is 2.41. The molecule has 0 atom stereocenters. The molecule has 2 rings (SSSR count). The van der Waals surface area contributed by atoms with Crippen molar-refractivity contribution < 1.29 is 13.2 Å².